The highest BCUT2D eigenvalue weighted by molar-refractivity contribution is 5.93. The summed E-state index contributed by atoms with van der Waals surface area (Å²) in [7, 11) is 0. The Labute approximate surface area is 129 Å². The van der Waals surface area contributed by atoms with Crippen molar-refractivity contribution in [3.63, 3.8) is 0 Å². The lowest BCUT2D eigenvalue weighted by Gasteiger charge is -2.14. The predicted molar refractivity (Wildman–Crippen MR) is 81.8 cm³/mol. The first kappa shape index (κ1) is 15.8. The van der Waals surface area contributed by atoms with Crippen molar-refractivity contribution < 1.29 is 19.1 Å². The molecule has 1 aromatic carbocycles. The maximum absolute atomic E-state index is 12.0. The van der Waals surface area contributed by atoms with E-state index >= 15 is 0 Å². The van der Waals surface area contributed by atoms with E-state index in [4.69, 9.17) is 4.42 Å². The Morgan fingerprint density at radius 3 is 2.50 bits per heavy atom. The van der Waals surface area contributed by atoms with Gasteiger partial charge in [-0.1, -0.05) is 24.3 Å². The largest absolute Gasteiger partial charge is 0.481 e. The normalized spacial score (nSPS) is 11.9. The molecule has 0 saturated heterocycles. The third-order valence-electron chi connectivity index (χ3n) is 3.65. The molecule has 0 spiro atoms. The molecule has 0 aliphatic heterocycles. The van der Waals surface area contributed by atoms with E-state index in [1.807, 2.05) is 31.2 Å². The zero-order valence-corrected chi connectivity index (χ0v) is 12.6. The number of furan rings is 1. The first-order valence-electron chi connectivity index (χ1n) is 7.08. The number of carboxylic acids is 1. The van der Waals surface area contributed by atoms with Crippen LogP contribution in [0.1, 0.15) is 27.2 Å². The highest BCUT2D eigenvalue weighted by atomic mass is 16.4. The van der Waals surface area contributed by atoms with E-state index in [1.54, 1.807) is 13.0 Å². The van der Waals surface area contributed by atoms with Gasteiger partial charge in [0.1, 0.15) is 0 Å². The lowest BCUT2D eigenvalue weighted by molar-refractivity contribution is -0.141. The fourth-order valence-corrected chi connectivity index (χ4v) is 2.25. The van der Waals surface area contributed by atoms with Crippen LogP contribution in [0.5, 0.6) is 0 Å². The molecule has 22 heavy (non-hydrogen) atoms. The average Bonchev–Trinajstić information content (AvgIpc) is 2.91. The Balaban J connectivity index is 2.01. The molecule has 2 rings (SSSR count). The molecule has 5 heteroatoms. The first-order valence-corrected chi connectivity index (χ1v) is 7.08. The van der Waals surface area contributed by atoms with Crippen molar-refractivity contribution in [2.75, 3.05) is 6.54 Å². The second kappa shape index (κ2) is 6.93. The van der Waals surface area contributed by atoms with E-state index in [0.29, 0.717) is 6.42 Å². The van der Waals surface area contributed by atoms with Gasteiger partial charge in [-0.2, -0.15) is 0 Å². The van der Waals surface area contributed by atoms with Gasteiger partial charge in [-0.05, 0) is 37.5 Å². The number of benzene rings is 1. The molecule has 0 fully saturated rings. The number of amides is 1. The first-order chi connectivity index (χ1) is 10.5. The van der Waals surface area contributed by atoms with Crippen LogP contribution in [0.4, 0.5) is 0 Å². The summed E-state index contributed by atoms with van der Waals surface area (Å²) in [6, 6.07) is 9.34. The monoisotopic (exact) mass is 301 g/mol. The van der Waals surface area contributed by atoms with Crippen molar-refractivity contribution >= 4 is 11.9 Å². The fraction of sp³-hybridized carbons (Fsp3) is 0.294. The van der Waals surface area contributed by atoms with Gasteiger partial charge >= 0.3 is 5.97 Å². The molecular formula is C17H19NO4. The van der Waals surface area contributed by atoms with Crippen LogP contribution in [0, 0.1) is 19.8 Å². The highest BCUT2D eigenvalue weighted by Crippen LogP contribution is 2.14. The van der Waals surface area contributed by atoms with Crippen LogP contribution >= 0.6 is 0 Å². The van der Waals surface area contributed by atoms with Crippen LogP contribution in [0.2, 0.25) is 0 Å². The lowest BCUT2D eigenvalue weighted by Crippen LogP contribution is -2.34. The quantitative estimate of drug-likeness (QED) is 0.859. The number of rotatable bonds is 6. The Kier molecular flexibility index (Phi) is 4.99. The highest BCUT2D eigenvalue weighted by Gasteiger charge is 2.21. The minimum atomic E-state index is -0.931. The zero-order chi connectivity index (χ0) is 16.1. The lowest BCUT2D eigenvalue weighted by atomic mass is 9.96. The van der Waals surface area contributed by atoms with E-state index in [1.165, 1.54) is 6.26 Å². The molecule has 5 nitrogen and oxygen atoms in total. The summed E-state index contributed by atoms with van der Waals surface area (Å²) in [6.07, 6.45) is 1.81. The number of nitrogens with one attached hydrogen (secondary N) is 1. The number of carbonyl (C=O) groups excluding carboxylic acids is 1. The number of aryl methyl sites for hydroxylation is 2. The standard InChI is InChI=1S/C17H19NO4/c1-11-5-3-4-6-13(11)9-14(17(20)21)10-18-16(19)15-12(2)7-8-22-15/h3-8,14H,9-10H2,1-2H3,(H,18,19)(H,20,21)/t14-/m0/s1. The molecule has 0 radical (unpaired) electrons. The summed E-state index contributed by atoms with van der Waals surface area (Å²) in [6.45, 7) is 3.77. The van der Waals surface area contributed by atoms with Crippen molar-refractivity contribution in [2.24, 2.45) is 5.92 Å². The van der Waals surface area contributed by atoms with Crippen molar-refractivity contribution in [1.82, 2.24) is 5.32 Å². The zero-order valence-electron chi connectivity index (χ0n) is 12.6. The Morgan fingerprint density at radius 1 is 1.18 bits per heavy atom. The third kappa shape index (κ3) is 3.75. The van der Waals surface area contributed by atoms with Crippen LogP contribution in [-0.4, -0.2) is 23.5 Å². The molecule has 0 unspecified atom stereocenters. The second-order valence-electron chi connectivity index (χ2n) is 5.31. The number of aliphatic carboxylic acids is 1. The maximum Gasteiger partial charge on any atom is 0.308 e. The number of carboxylic acid groups (broad SMARTS) is 1. The van der Waals surface area contributed by atoms with Crippen LogP contribution in [0.15, 0.2) is 41.0 Å². The van der Waals surface area contributed by atoms with Gasteiger partial charge in [-0.15, -0.1) is 0 Å². The van der Waals surface area contributed by atoms with Gasteiger partial charge in [0.2, 0.25) is 0 Å². The second-order valence-corrected chi connectivity index (χ2v) is 5.31. The summed E-state index contributed by atoms with van der Waals surface area (Å²) < 4.78 is 5.10. The van der Waals surface area contributed by atoms with Gasteiger partial charge < -0.3 is 14.8 Å². The van der Waals surface area contributed by atoms with Crippen molar-refractivity contribution in [3.05, 3.63) is 59.0 Å². The molecule has 116 valence electrons. The topological polar surface area (TPSA) is 79.5 Å². The molecule has 2 aromatic rings. The van der Waals surface area contributed by atoms with Crippen LogP contribution in [0.3, 0.4) is 0 Å². The molecule has 1 atom stereocenters. The molecule has 2 N–H and O–H groups in total. The molecule has 1 amide bonds. The molecule has 0 aliphatic rings. The Hall–Kier alpha value is -2.56. The molecule has 1 heterocycles. The molecule has 0 aliphatic carbocycles. The van der Waals surface area contributed by atoms with Crippen molar-refractivity contribution in [3.8, 4) is 0 Å². The van der Waals surface area contributed by atoms with E-state index in [-0.39, 0.29) is 12.3 Å². The molecule has 1 aromatic heterocycles. The Bertz CT molecular complexity index is 675. The van der Waals surface area contributed by atoms with Gasteiger partial charge in [0.05, 0.1) is 12.2 Å². The van der Waals surface area contributed by atoms with Gasteiger partial charge in [-0.3, -0.25) is 9.59 Å². The molecule has 0 saturated carbocycles. The van der Waals surface area contributed by atoms with E-state index in [9.17, 15) is 14.7 Å². The van der Waals surface area contributed by atoms with Crippen LogP contribution in [-0.2, 0) is 11.2 Å². The Morgan fingerprint density at radius 2 is 1.91 bits per heavy atom. The fourth-order valence-electron chi connectivity index (χ4n) is 2.25. The molecule has 0 bridgehead atoms. The maximum atomic E-state index is 12.0. The van der Waals surface area contributed by atoms with Crippen molar-refractivity contribution in [2.45, 2.75) is 20.3 Å². The smallest absolute Gasteiger partial charge is 0.308 e. The van der Waals surface area contributed by atoms with E-state index in [0.717, 1.165) is 16.7 Å². The number of carbonyl (C=O) groups is 2. The van der Waals surface area contributed by atoms with Crippen LogP contribution < -0.4 is 5.32 Å². The molecular weight excluding hydrogens is 282 g/mol. The number of hydrogen-bond acceptors (Lipinski definition) is 3. The minimum Gasteiger partial charge on any atom is -0.481 e. The van der Waals surface area contributed by atoms with Crippen molar-refractivity contribution in [1.29, 1.82) is 0 Å². The predicted octanol–water partition coefficient (Wildman–Crippen LogP) is 2.57. The third-order valence-corrected chi connectivity index (χ3v) is 3.65. The average molecular weight is 301 g/mol. The van der Waals surface area contributed by atoms with Gasteiger partial charge in [0, 0.05) is 12.1 Å². The number of hydrogen-bond donors (Lipinski definition) is 2. The summed E-state index contributed by atoms with van der Waals surface area (Å²) in [5.41, 5.74) is 2.74. The van der Waals surface area contributed by atoms with E-state index < -0.39 is 17.8 Å². The summed E-state index contributed by atoms with van der Waals surface area (Å²) in [5.74, 6) is -1.78. The van der Waals surface area contributed by atoms with Crippen LogP contribution in [0.25, 0.3) is 0 Å². The minimum absolute atomic E-state index is 0.0582. The van der Waals surface area contributed by atoms with E-state index in [2.05, 4.69) is 5.32 Å². The van der Waals surface area contributed by atoms with Gasteiger partial charge in [0.25, 0.3) is 5.91 Å². The SMILES string of the molecule is Cc1ccccc1C[C@@H](CNC(=O)c1occc1C)C(=O)O. The summed E-state index contributed by atoms with van der Waals surface area (Å²) in [4.78, 5) is 23.4. The summed E-state index contributed by atoms with van der Waals surface area (Å²) >= 11 is 0. The van der Waals surface area contributed by atoms with Gasteiger partial charge in [0.15, 0.2) is 5.76 Å². The van der Waals surface area contributed by atoms with Gasteiger partial charge in [-0.25, -0.2) is 0 Å². The summed E-state index contributed by atoms with van der Waals surface area (Å²) in [5, 5.41) is 12.0.